The van der Waals surface area contributed by atoms with E-state index in [9.17, 15) is 24.3 Å². The molecule has 5 unspecified atom stereocenters. The highest BCUT2D eigenvalue weighted by atomic mass is 16.4. The zero-order valence-corrected chi connectivity index (χ0v) is 22.7. The molecule has 3 amide bonds. The minimum atomic E-state index is -1.18. The molecule has 11 nitrogen and oxygen atoms in total. The summed E-state index contributed by atoms with van der Waals surface area (Å²) in [7, 11) is 0. The number of carbonyl (C=O) groups is 4. The summed E-state index contributed by atoms with van der Waals surface area (Å²) in [5, 5.41) is 17.7. The SMILES string of the molecule is CCC(C)C(N)C(=O)NC(CCCCN)C(=O)NC(CCCCN)C(=O)NC(Cc1ccccc1)C(=O)O. The van der Waals surface area contributed by atoms with Gasteiger partial charge < -0.3 is 38.3 Å². The first-order chi connectivity index (χ1) is 18.1. The third-order valence-electron chi connectivity index (χ3n) is 6.62. The Labute approximate surface area is 225 Å². The standard InChI is InChI=1S/C27H46N6O5/c1-3-18(2)23(30)26(36)32-21(14-8-10-16-29)24(34)31-20(13-7-9-15-28)25(35)33-22(27(37)38)17-19-11-5-4-6-12-19/h4-6,11-12,18,20-23H,3,7-10,13-17,28-30H2,1-2H3,(H,31,34)(H,32,36)(H,33,35)(H,37,38). The maximum absolute atomic E-state index is 13.3. The lowest BCUT2D eigenvalue weighted by Gasteiger charge is -2.26. The topological polar surface area (TPSA) is 203 Å². The van der Waals surface area contributed by atoms with Crippen LogP contribution < -0.4 is 33.2 Å². The van der Waals surface area contributed by atoms with Crippen LogP contribution in [0.3, 0.4) is 0 Å². The van der Waals surface area contributed by atoms with Gasteiger partial charge in [-0.05, 0) is 63.1 Å². The molecule has 0 aliphatic heterocycles. The highest BCUT2D eigenvalue weighted by Gasteiger charge is 2.30. The fraction of sp³-hybridized carbons (Fsp3) is 0.630. The maximum Gasteiger partial charge on any atom is 0.326 e. The van der Waals surface area contributed by atoms with E-state index in [1.54, 1.807) is 24.3 Å². The van der Waals surface area contributed by atoms with Crippen molar-refractivity contribution in [2.24, 2.45) is 23.1 Å². The summed E-state index contributed by atoms with van der Waals surface area (Å²) in [6.45, 7) is 4.64. The van der Waals surface area contributed by atoms with E-state index in [2.05, 4.69) is 16.0 Å². The van der Waals surface area contributed by atoms with Crippen molar-refractivity contribution in [3.63, 3.8) is 0 Å². The molecule has 0 aromatic heterocycles. The van der Waals surface area contributed by atoms with Gasteiger partial charge >= 0.3 is 5.97 Å². The molecular weight excluding hydrogens is 488 g/mol. The van der Waals surface area contributed by atoms with Gasteiger partial charge in [-0.1, -0.05) is 50.6 Å². The van der Waals surface area contributed by atoms with Crippen LogP contribution >= 0.6 is 0 Å². The zero-order chi connectivity index (χ0) is 28.5. The number of hydrogen-bond donors (Lipinski definition) is 7. The molecule has 0 aliphatic rings. The Hall–Kier alpha value is -3.02. The molecule has 0 heterocycles. The van der Waals surface area contributed by atoms with Gasteiger partial charge in [0.25, 0.3) is 0 Å². The predicted molar refractivity (Wildman–Crippen MR) is 147 cm³/mol. The average molecular weight is 535 g/mol. The Morgan fingerprint density at radius 3 is 1.71 bits per heavy atom. The van der Waals surface area contributed by atoms with Crippen molar-refractivity contribution in [3.8, 4) is 0 Å². The van der Waals surface area contributed by atoms with E-state index < -0.39 is 47.9 Å². The van der Waals surface area contributed by atoms with Crippen LogP contribution in [0.25, 0.3) is 0 Å². The first-order valence-corrected chi connectivity index (χ1v) is 13.5. The van der Waals surface area contributed by atoms with Crippen LogP contribution in [-0.2, 0) is 25.6 Å². The van der Waals surface area contributed by atoms with Gasteiger partial charge in [0, 0.05) is 6.42 Å². The second-order valence-corrected chi connectivity index (χ2v) is 9.69. The molecule has 0 saturated heterocycles. The number of benzene rings is 1. The summed E-state index contributed by atoms with van der Waals surface area (Å²) in [6.07, 6.45) is 3.83. The maximum atomic E-state index is 13.3. The quantitative estimate of drug-likeness (QED) is 0.123. The number of rotatable bonds is 19. The Kier molecular flexibility index (Phi) is 15.9. The molecule has 0 spiro atoms. The zero-order valence-electron chi connectivity index (χ0n) is 22.7. The average Bonchev–Trinajstić information content (AvgIpc) is 2.91. The Bertz CT molecular complexity index is 869. The second kappa shape index (κ2) is 18.3. The van der Waals surface area contributed by atoms with E-state index in [1.807, 2.05) is 19.9 Å². The molecule has 5 atom stereocenters. The molecule has 1 aromatic carbocycles. The smallest absolute Gasteiger partial charge is 0.326 e. The van der Waals surface area contributed by atoms with Crippen molar-refractivity contribution in [3.05, 3.63) is 35.9 Å². The lowest BCUT2D eigenvalue weighted by molar-refractivity contribution is -0.142. The van der Waals surface area contributed by atoms with E-state index >= 15 is 0 Å². The minimum Gasteiger partial charge on any atom is -0.480 e. The van der Waals surface area contributed by atoms with Crippen molar-refractivity contribution in [2.75, 3.05) is 13.1 Å². The lowest BCUT2D eigenvalue weighted by atomic mass is 9.98. The van der Waals surface area contributed by atoms with Gasteiger partial charge in [-0.2, -0.15) is 0 Å². The number of carboxylic acid groups (broad SMARTS) is 1. The molecule has 0 saturated carbocycles. The summed E-state index contributed by atoms with van der Waals surface area (Å²) in [6, 6.07) is 5.10. The molecule has 1 rings (SSSR count). The second-order valence-electron chi connectivity index (χ2n) is 9.69. The largest absolute Gasteiger partial charge is 0.480 e. The monoisotopic (exact) mass is 534 g/mol. The molecular formula is C27H46N6O5. The fourth-order valence-electron chi connectivity index (χ4n) is 3.90. The summed E-state index contributed by atoms with van der Waals surface area (Å²) in [4.78, 5) is 51.0. The van der Waals surface area contributed by atoms with Crippen LogP contribution in [0.1, 0.15) is 64.4 Å². The highest BCUT2D eigenvalue weighted by molar-refractivity contribution is 5.94. The molecule has 11 heteroatoms. The van der Waals surface area contributed by atoms with E-state index in [0.717, 1.165) is 5.56 Å². The van der Waals surface area contributed by atoms with Crippen LogP contribution in [0.2, 0.25) is 0 Å². The van der Waals surface area contributed by atoms with Gasteiger partial charge in [-0.3, -0.25) is 14.4 Å². The third kappa shape index (κ3) is 12.0. The minimum absolute atomic E-state index is 0.0740. The molecule has 0 aliphatic carbocycles. The van der Waals surface area contributed by atoms with Crippen molar-refractivity contribution in [1.29, 1.82) is 0 Å². The van der Waals surface area contributed by atoms with Gasteiger partial charge in [0.15, 0.2) is 0 Å². The molecule has 0 bridgehead atoms. The first kappa shape index (κ1) is 33.0. The Balaban J connectivity index is 3.02. The number of nitrogens with one attached hydrogen (secondary N) is 3. The summed E-state index contributed by atoms with van der Waals surface area (Å²) in [5.74, 6) is -2.84. The number of carboxylic acids is 1. The van der Waals surface area contributed by atoms with Crippen LogP contribution in [0, 0.1) is 5.92 Å². The van der Waals surface area contributed by atoms with E-state index in [4.69, 9.17) is 17.2 Å². The number of nitrogens with two attached hydrogens (primary N) is 3. The van der Waals surface area contributed by atoms with Gasteiger partial charge in [0.05, 0.1) is 6.04 Å². The number of unbranched alkanes of at least 4 members (excludes halogenated alkanes) is 2. The van der Waals surface area contributed by atoms with E-state index in [-0.39, 0.29) is 18.8 Å². The number of carbonyl (C=O) groups excluding carboxylic acids is 3. The van der Waals surface area contributed by atoms with Crippen molar-refractivity contribution in [1.82, 2.24) is 16.0 Å². The van der Waals surface area contributed by atoms with Crippen LogP contribution in [0.15, 0.2) is 30.3 Å². The summed E-state index contributed by atoms with van der Waals surface area (Å²) >= 11 is 0. The van der Waals surface area contributed by atoms with Crippen LogP contribution in [-0.4, -0.2) is 66.1 Å². The lowest BCUT2D eigenvalue weighted by Crippen LogP contribution is -2.57. The normalized spacial score (nSPS) is 15.0. The van der Waals surface area contributed by atoms with Crippen LogP contribution in [0.4, 0.5) is 0 Å². The van der Waals surface area contributed by atoms with Gasteiger partial charge in [-0.25, -0.2) is 4.79 Å². The summed E-state index contributed by atoms with van der Waals surface area (Å²) in [5.41, 5.74) is 18.0. The van der Waals surface area contributed by atoms with Gasteiger partial charge in [0.1, 0.15) is 18.1 Å². The van der Waals surface area contributed by atoms with Crippen LogP contribution in [0.5, 0.6) is 0 Å². The predicted octanol–water partition coefficient (Wildman–Crippen LogP) is 0.400. The molecule has 38 heavy (non-hydrogen) atoms. The number of hydrogen-bond acceptors (Lipinski definition) is 7. The molecule has 0 radical (unpaired) electrons. The fourth-order valence-corrected chi connectivity index (χ4v) is 3.90. The van der Waals surface area contributed by atoms with Crippen molar-refractivity contribution in [2.45, 2.75) is 89.4 Å². The number of amides is 3. The number of aliphatic carboxylic acids is 1. The molecule has 1 aromatic rings. The first-order valence-electron chi connectivity index (χ1n) is 13.5. The third-order valence-corrected chi connectivity index (χ3v) is 6.62. The highest BCUT2D eigenvalue weighted by Crippen LogP contribution is 2.10. The molecule has 214 valence electrons. The van der Waals surface area contributed by atoms with E-state index in [0.29, 0.717) is 51.6 Å². The Morgan fingerprint density at radius 2 is 1.26 bits per heavy atom. The van der Waals surface area contributed by atoms with Crippen molar-refractivity contribution >= 4 is 23.7 Å². The van der Waals surface area contributed by atoms with Gasteiger partial charge in [-0.15, -0.1) is 0 Å². The van der Waals surface area contributed by atoms with Gasteiger partial charge in [0.2, 0.25) is 17.7 Å². The molecule has 0 fully saturated rings. The summed E-state index contributed by atoms with van der Waals surface area (Å²) < 4.78 is 0. The van der Waals surface area contributed by atoms with Crippen molar-refractivity contribution < 1.29 is 24.3 Å². The Morgan fingerprint density at radius 1 is 0.789 bits per heavy atom. The van der Waals surface area contributed by atoms with E-state index in [1.165, 1.54) is 0 Å². The molecule has 10 N–H and O–H groups in total.